The zero-order chi connectivity index (χ0) is 13.8. The monoisotopic (exact) mass is 280 g/mol. The van der Waals surface area contributed by atoms with Gasteiger partial charge in [-0.2, -0.15) is 5.10 Å². The number of nitrogens with zero attached hydrogens (tertiary/aromatic N) is 2. The molecule has 1 aromatic rings. The Morgan fingerprint density at radius 2 is 1.95 bits per heavy atom. The van der Waals surface area contributed by atoms with Gasteiger partial charge >= 0.3 is 5.97 Å². The van der Waals surface area contributed by atoms with Crippen molar-refractivity contribution in [3.8, 4) is 0 Å². The van der Waals surface area contributed by atoms with Gasteiger partial charge in [0, 0.05) is 5.25 Å². The van der Waals surface area contributed by atoms with E-state index in [9.17, 15) is 9.90 Å². The van der Waals surface area contributed by atoms with E-state index in [0.29, 0.717) is 22.3 Å². The lowest BCUT2D eigenvalue weighted by Crippen LogP contribution is -2.12. The Kier molecular flexibility index (Phi) is 4.80. The Hall–Kier alpha value is -1.10. The molecule has 0 bridgehead atoms. The van der Waals surface area contributed by atoms with Gasteiger partial charge in [0.25, 0.3) is 0 Å². The second-order valence-electron chi connectivity index (χ2n) is 4.84. The van der Waals surface area contributed by atoms with Crippen molar-refractivity contribution in [1.82, 2.24) is 10.2 Å². The van der Waals surface area contributed by atoms with Crippen LogP contribution in [0.2, 0.25) is 0 Å². The Bertz CT molecular complexity index is 471. The summed E-state index contributed by atoms with van der Waals surface area (Å²) in [6.07, 6.45) is 6.20. The molecule has 1 aromatic heterocycles. The summed E-state index contributed by atoms with van der Waals surface area (Å²) in [4.78, 5) is 11.6. The summed E-state index contributed by atoms with van der Waals surface area (Å²) in [5, 5.41) is 19.0. The number of rotatable bonds is 5. The molecule has 104 valence electrons. The number of carbonyl (C=O) groups is 1. The van der Waals surface area contributed by atoms with Crippen LogP contribution in [0.4, 0.5) is 0 Å². The molecule has 0 amide bonds. The molecule has 5 heteroatoms. The van der Waals surface area contributed by atoms with E-state index in [2.05, 4.69) is 10.2 Å². The first-order chi connectivity index (χ1) is 9.17. The molecule has 1 saturated carbocycles. The van der Waals surface area contributed by atoms with Crippen molar-refractivity contribution in [3.63, 3.8) is 0 Å². The SMILES string of the molecule is CCc1nnc(SC2CCCC2)c(C(=O)O)c1CC. The number of carboxylic acid groups (broad SMARTS) is 1. The molecule has 1 aliphatic rings. The van der Waals surface area contributed by atoms with Crippen molar-refractivity contribution in [1.29, 1.82) is 0 Å². The van der Waals surface area contributed by atoms with Gasteiger partial charge in [0.2, 0.25) is 0 Å². The molecule has 0 radical (unpaired) electrons. The maximum atomic E-state index is 11.6. The highest BCUT2D eigenvalue weighted by Crippen LogP contribution is 2.36. The third kappa shape index (κ3) is 3.08. The maximum absolute atomic E-state index is 11.6. The Labute approximate surface area is 118 Å². The van der Waals surface area contributed by atoms with Crippen molar-refractivity contribution >= 4 is 17.7 Å². The van der Waals surface area contributed by atoms with Crippen LogP contribution in [-0.2, 0) is 12.8 Å². The van der Waals surface area contributed by atoms with Gasteiger partial charge in [0.1, 0.15) is 5.03 Å². The van der Waals surface area contributed by atoms with Crippen LogP contribution >= 0.6 is 11.8 Å². The minimum Gasteiger partial charge on any atom is -0.478 e. The van der Waals surface area contributed by atoms with Gasteiger partial charge in [-0.3, -0.25) is 0 Å². The number of thioether (sulfide) groups is 1. The molecule has 0 unspecified atom stereocenters. The number of hydrogen-bond acceptors (Lipinski definition) is 4. The molecule has 0 spiro atoms. The van der Waals surface area contributed by atoms with E-state index in [1.807, 2.05) is 13.8 Å². The van der Waals surface area contributed by atoms with Crippen molar-refractivity contribution in [2.75, 3.05) is 0 Å². The number of carboxylic acids is 1. The average Bonchev–Trinajstić information content (AvgIpc) is 2.90. The molecular formula is C14H20N2O2S. The van der Waals surface area contributed by atoms with Crippen LogP contribution in [0.1, 0.15) is 61.1 Å². The molecule has 0 saturated heterocycles. The molecule has 1 N–H and O–H groups in total. The minimum atomic E-state index is -0.873. The first-order valence-electron chi connectivity index (χ1n) is 6.95. The Morgan fingerprint density at radius 3 is 2.47 bits per heavy atom. The lowest BCUT2D eigenvalue weighted by molar-refractivity contribution is 0.0690. The number of aryl methyl sites for hydroxylation is 1. The van der Waals surface area contributed by atoms with E-state index in [4.69, 9.17) is 0 Å². The topological polar surface area (TPSA) is 63.1 Å². The fraction of sp³-hybridized carbons (Fsp3) is 0.643. The summed E-state index contributed by atoms with van der Waals surface area (Å²) in [6.45, 7) is 3.96. The fourth-order valence-corrected chi connectivity index (χ4v) is 3.92. The third-order valence-corrected chi connectivity index (χ3v) is 4.92. The smallest absolute Gasteiger partial charge is 0.338 e. The van der Waals surface area contributed by atoms with Crippen molar-refractivity contribution in [2.24, 2.45) is 0 Å². The first kappa shape index (κ1) is 14.3. The predicted octanol–water partition coefficient (Wildman–Crippen LogP) is 3.33. The van der Waals surface area contributed by atoms with Crippen LogP contribution in [0, 0.1) is 0 Å². The maximum Gasteiger partial charge on any atom is 0.338 e. The highest BCUT2D eigenvalue weighted by Gasteiger charge is 2.24. The quantitative estimate of drug-likeness (QED) is 0.896. The normalized spacial score (nSPS) is 15.9. The predicted molar refractivity (Wildman–Crippen MR) is 75.9 cm³/mol. The summed E-state index contributed by atoms with van der Waals surface area (Å²) in [7, 11) is 0. The third-order valence-electron chi connectivity index (χ3n) is 3.61. The van der Waals surface area contributed by atoms with Gasteiger partial charge in [-0.25, -0.2) is 4.79 Å². The molecule has 1 aliphatic carbocycles. The van der Waals surface area contributed by atoms with Gasteiger partial charge in [-0.1, -0.05) is 26.7 Å². The Balaban J connectivity index is 2.38. The zero-order valence-electron chi connectivity index (χ0n) is 11.5. The molecule has 1 fully saturated rings. The molecule has 1 heterocycles. The van der Waals surface area contributed by atoms with E-state index in [0.717, 1.165) is 30.5 Å². The van der Waals surface area contributed by atoms with Gasteiger partial charge in [0.05, 0.1) is 11.3 Å². The second kappa shape index (κ2) is 6.37. The second-order valence-corrected chi connectivity index (χ2v) is 6.13. The van der Waals surface area contributed by atoms with Crippen LogP contribution in [0.3, 0.4) is 0 Å². The molecule has 19 heavy (non-hydrogen) atoms. The highest BCUT2D eigenvalue weighted by molar-refractivity contribution is 7.99. The van der Waals surface area contributed by atoms with Crippen molar-refractivity contribution in [3.05, 3.63) is 16.8 Å². The van der Waals surface area contributed by atoms with Crippen molar-refractivity contribution in [2.45, 2.75) is 62.6 Å². The summed E-state index contributed by atoms with van der Waals surface area (Å²) in [5.41, 5.74) is 2.05. The lowest BCUT2D eigenvalue weighted by atomic mass is 10.0. The fourth-order valence-electron chi connectivity index (χ4n) is 2.62. The standard InChI is InChI=1S/C14H20N2O2S/c1-3-10-11(4-2)15-16-13(12(10)14(17)18)19-9-7-5-6-8-9/h9H,3-8H2,1-2H3,(H,17,18). The van der Waals surface area contributed by atoms with E-state index in [-0.39, 0.29) is 0 Å². The van der Waals surface area contributed by atoms with Crippen LogP contribution in [0.25, 0.3) is 0 Å². The van der Waals surface area contributed by atoms with Crippen LogP contribution < -0.4 is 0 Å². The van der Waals surface area contributed by atoms with Gasteiger partial charge < -0.3 is 5.11 Å². The van der Waals surface area contributed by atoms with Gasteiger partial charge in [-0.05, 0) is 31.2 Å². The number of hydrogen-bond donors (Lipinski definition) is 1. The number of aromatic carboxylic acids is 1. The molecule has 0 aromatic carbocycles. The van der Waals surface area contributed by atoms with Gasteiger partial charge in [0.15, 0.2) is 0 Å². The molecule has 0 aliphatic heterocycles. The zero-order valence-corrected chi connectivity index (χ0v) is 12.3. The van der Waals surface area contributed by atoms with E-state index in [1.54, 1.807) is 11.8 Å². The molecule has 4 nitrogen and oxygen atoms in total. The van der Waals surface area contributed by atoms with E-state index < -0.39 is 5.97 Å². The number of aromatic nitrogens is 2. The molecular weight excluding hydrogens is 260 g/mol. The van der Waals surface area contributed by atoms with E-state index in [1.165, 1.54) is 12.8 Å². The molecule has 2 rings (SSSR count). The highest BCUT2D eigenvalue weighted by atomic mass is 32.2. The van der Waals surface area contributed by atoms with Crippen LogP contribution in [-0.4, -0.2) is 26.5 Å². The Morgan fingerprint density at radius 1 is 1.26 bits per heavy atom. The summed E-state index contributed by atoms with van der Waals surface area (Å²) >= 11 is 1.60. The minimum absolute atomic E-state index is 0.381. The average molecular weight is 280 g/mol. The van der Waals surface area contributed by atoms with Gasteiger partial charge in [-0.15, -0.1) is 16.9 Å². The van der Waals surface area contributed by atoms with Crippen LogP contribution in [0.5, 0.6) is 0 Å². The van der Waals surface area contributed by atoms with Crippen LogP contribution in [0.15, 0.2) is 5.03 Å². The largest absolute Gasteiger partial charge is 0.478 e. The molecule has 0 atom stereocenters. The summed E-state index contributed by atoms with van der Waals surface area (Å²) < 4.78 is 0. The summed E-state index contributed by atoms with van der Waals surface area (Å²) in [5.74, 6) is -0.873. The van der Waals surface area contributed by atoms with E-state index >= 15 is 0 Å². The summed E-state index contributed by atoms with van der Waals surface area (Å²) in [6, 6.07) is 0. The van der Waals surface area contributed by atoms with Crippen molar-refractivity contribution < 1.29 is 9.90 Å². The lowest BCUT2D eigenvalue weighted by Gasteiger charge is -2.14. The first-order valence-corrected chi connectivity index (χ1v) is 7.83.